The van der Waals surface area contributed by atoms with Gasteiger partial charge in [0.15, 0.2) is 0 Å². The Morgan fingerprint density at radius 2 is 2.20 bits per heavy atom. The van der Waals surface area contributed by atoms with Crippen LogP contribution in [-0.4, -0.2) is 7.11 Å². The highest BCUT2D eigenvalue weighted by Crippen LogP contribution is 2.34. The fourth-order valence-corrected chi connectivity index (χ4v) is 4.06. The molecule has 1 aliphatic rings. The van der Waals surface area contributed by atoms with Crippen LogP contribution >= 0.6 is 11.3 Å². The van der Waals surface area contributed by atoms with Gasteiger partial charge in [-0.25, -0.2) is 0 Å². The third-order valence-electron chi connectivity index (χ3n) is 4.38. The van der Waals surface area contributed by atoms with Gasteiger partial charge in [0, 0.05) is 4.88 Å². The van der Waals surface area contributed by atoms with Crippen LogP contribution in [0.4, 0.5) is 0 Å². The average Bonchev–Trinajstić information content (AvgIpc) is 2.99. The summed E-state index contributed by atoms with van der Waals surface area (Å²) in [5, 5.41) is 2.18. The summed E-state index contributed by atoms with van der Waals surface area (Å²) in [6, 6.07) is 10.9. The zero-order valence-corrected chi connectivity index (χ0v) is 12.9. The first kappa shape index (κ1) is 13.7. The maximum absolute atomic E-state index is 5.48. The number of benzene rings is 1. The molecule has 1 aromatic heterocycles. The highest BCUT2D eigenvalue weighted by molar-refractivity contribution is 7.09. The average molecular weight is 286 g/mol. The highest BCUT2D eigenvalue weighted by Gasteiger charge is 2.20. The molecule has 0 bridgehead atoms. The van der Waals surface area contributed by atoms with Gasteiger partial charge in [-0.3, -0.25) is 0 Å². The van der Waals surface area contributed by atoms with E-state index in [-0.39, 0.29) is 0 Å². The van der Waals surface area contributed by atoms with E-state index in [9.17, 15) is 0 Å². The monoisotopic (exact) mass is 286 g/mol. The molecule has 0 spiro atoms. The molecule has 0 unspecified atom stereocenters. The van der Waals surface area contributed by atoms with E-state index in [1.165, 1.54) is 54.5 Å². The number of methoxy groups -OCH3 is 1. The largest absolute Gasteiger partial charge is 0.496 e. The van der Waals surface area contributed by atoms with Crippen LogP contribution in [0.15, 0.2) is 35.7 Å². The summed E-state index contributed by atoms with van der Waals surface area (Å²) in [6.07, 6.45) is 7.66. The smallest absolute Gasteiger partial charge is 0.122 e. The van der Waals surface area contributed by atoms with Crippen LogP contribution in [0.5, 0.6) is 5.75 Å². The number of fused-ring (bicyclic) bond motifs is 1. The molecule has 106 valence electrons. The molecule has 1 heterocycles. The van der Waals surface area contributed by atoms with Crippen molar-refractivity contribution in [3.8, 4) is 5.75 Å². The highest BCUT2D eigenvalue weighted by atomic mass is 32.1. The van der Waals surface area contributed by atoms with E-state index in [1.807, 2.05) is 11.3 Å². The molecule has 3 rings (SSSR count). The fraction of sp³-hybridized carbons (Fsp3) is 0.444. The van der Waals surface area contributed by atoms with E-state index in [0.717, 1.165) is 11.7 Å². The SMILES string of the molecule is COc1cccc2c1CC[C@H](CCCc1cccs1)C2. The Balaban J connectivity index is 1.56. The van der Waals surface area contributed by atoms with Crippen molar-refractivity contribution < 1.29 is 4.74 Å². The Hall–Kier alpha value is -1.28. The quantitative estimate of drug-likeness (QED) is 0.761. The number of rotatable bonds is 5. The Bertz CT molecular complexity index is 545. The van der Waals surface area contributed by atoms with E-state index in [2.05, 4.69) is 35.7 Å². The summed E-state index contributed by atoms with van der Waals surface area (Å²) < 4.78 is 5.48. The summed E-state index contributed by atoms with van der Waals surface area (Å²) >= 11 is 1.89. The van der Waals surface area contributed by atoms with Crippen molar-refractivity contribution in [2.45, 2.75) is 38.5 Å². The lowest BCUT2D eigenvalue weighted by atomic mass is 9.81. The number of ether oxygens (including phenoxy) is 1. The molecule has 1 atom stereocenters. The van der Waals surface area contributed by atoms with E-state index in [0.29, 0.717) is 0 Å². The molecule has 0 radical (unpaired) electrons. The number of hydrogen-bond donors (Lipinski definition) is 0. The molecule has 1 aliphatic carbocycles. The van der Waals surface area contributed by atoms with Crippen molar-refractivity contribution in [1.29, 1.82) is 0 Å². The van der Waals surface area contributed by atoms with Gasteiger partial charge in [0.2, 0.25) is 0 Å². The second-order valence-corrected chi connectivity index (χ2v) is 6.71. The third kappa shape index (κ3) is 3.06. The normalized spacial score (nSPS) is 17.8. The standard InChI is InChI=1S/C18H22OS/c1-19-18-9-3-6-15-13-14(10-11-17(15)18)5-2-7-16-8-4-12-20-16/h3-4,6,8-9,12,14H,2,5,7,10-11,13H2,1H3/t14-/m0/s1. The number of aryl methyl sites for hydroxylation is 1. The molecular weight excluding hydrogens is 264 g/mol. The van der Waals surface area contributed by atoms with Crippen molar-refractivity contribution >= 4 is 11.3 Å². The minimum atomic E-state index is 0.856. The van der Waals surface area contributed by atoms with Gasteiger partial charge in [-0.2, -0.15) is 0 Å². The first-order chi connectivity index (χ1) is 9.86. The second-order valence-electron chi connectivity index (χ2n) is 5.68. The maximum Gasteiger partial charge on any atom is 0.122 e. The van der Waals surface area contributed by atoms with Crippen LogP contribution in [0.1, 0.15) is 35.3 Å². The molecule has 0 fully saturated rings. The van der Waals surface area contributed by atoms with E-state index >= 15 is 0 Å². The van der Waals surface area contributed by atoms with Gasteiger partial charge in [0.25, 0.3) is 0 Å². The van der Waals surface area contributed by atoms with Crippen molar-refractivity contribution in [1.82, 2.24) is 0 Å². The predicted molar refractivity (Wildman–Crippen MR) is 85.8 cm³/mol. The molecule has 2 heteroatoms. The third-order valence-corrected chi connectivity index (χ3v) is 5.31. The number of hydrogen-bond acceptors (Lipinski definition) is 2. The Labute approximate surface area is 125 Å². The lowest BCUT2D eigenvalue weighted by molar-refractivity contribution is 0.384. The molecular formula is C18H22OS. The van der Waals surface area contributed by atoms with Crippen LogP contribution in [0.2, 0.25) is 0 Å². The van der Waals surface area contributed by atoms with Crippen molar-refractivity contribution in [2.75, 3.05) is 7.11 Å². The van der Waals surface area contributed by atoms with Crippen LogP contribution < -0.4 is 4.74 Å². The van der Waals surface area contributed by atoms with Gasteiger partial charge >= 0.3 is 0 Å². The summed E-state index contributed by atoms with van der Waals surface area (Å²) in [5.41, 5.74) is 2.96. The first-order valence-corrected chi connectivity index (χ1v) is 8.42. The molecule has 0 N–H and O–H groups in total. The molecule has 0 saturated carbocycles. The van der Waals surface area contributed by atoms with Crippen molar-refractivity contribution in [2.24, 2.45) is 5.92 Å². The first-order valence-electron chi connectivity index (χ1n) is 7.54. The maximum atomic E-state index is 5.48. The summed E-state index contributed by atoms with van der Waals surface area (Å²) in [7, 11) is 1.78. The lowest BCUT2D eigenvalue weighted by Crippen LogP contribution is -2.15. The zero-order valence-electron chi connectivity index (χ0n) is 12.1. The minimum absolute atomic E-state index is 0.856. The van der Waals surface area contributed by atoms with Crippen molar-refractivity contribution in [3.05, 3.63) is 51.7 Å². The van der Waals surface area contributed by atoms with Crippen LogP contribution in [0.25, 0.3) is 0 Å². The van der Waals surface area contributed by atoms with Crippen LogP contribution in [0.3, 0.4) is 0 Å². The van der Waals surface area contributed by atoms with Gasteiger partial charge in [0.05, 0.1) is 7.11 Å². The molecule has 0 aliphatic heterocycles. The Morgan fingerprint density at radius 3 is 3.00 bits per heavy atom. The Morgan fingerprint density at radius 1 is 1.25 bits per heavy atom. The van der Waals surface area contributed by atoms with Crippen molar-refractivity contribution in [3.63, 3.8) is 0 Å². The molecule has 20 heavy (non-hydrogen) atoms. The van der Waals surface area contributed by atoms with Gasteiger partial charge in [0.1, 0.15) is 5.75 Å². The lowest BCUT2D eigenvalue weighted by Gasteiger charge is -2.25. The van der Waals surface area contributed by atoms with Crippen LogP contribution in [-0.2, 0) is 19.3 Å². The summed E-state index contributed by atoms with van der Waals surface area (Å²) in [6.45, 7) is 0. The topological polar surface area (TPSA) is 9.23 Å². The number of thiophene rings is 1. The predicted octanol–water partition coefficient (Wildman–Crippen LogP) is 4.88. The fourth-order valence-electron chi connectivity index (χ4n) is 3.31. The minimum Gasteiger partial charge on any atom is -0.496 e. The van der Waals surface area contributed by atoms with Gasteiger partial charge < -0.3 is 4.74 Å². The van der Waals surface area contributed by atoms with E-state index < -0.39 is 0 Å². The van der Waals surface area contributed by atoms with Gasteiger partial charge in [-0.05, 0) is 73.1 Å². The zero-order chi connectivity index (χ0) is 13.8. The van der Waals surface area contributed by atoms with Gasteiger partial charge in [-0.1, -0.05) is 18.2 Å². The Kier molecular flexibility index (Phi) is 4.41. The van der Waals surface area contributed by atoms with E-state index in [4.69, 9.17) is 4.74 Å². The molecule has 1 aromatic carbocycles. The molecule has 0 amide bonds. The van der Waals surface area contributed by atoms with E-state index in [1.54, 1.807) is 7.11 Å². The molecule has 1 nitrogen and oxygen atoms in total. The van der Waals surface area contributed by atoms with Gasteiger partial charge in [-0.15, -0.1) is 11.3 Å². The van der Waals surface area contributed by atoms with Crippen LogP contribution in [0, 0.1) is 5.92 Å². The molecule has 0 saturated heterocycles. The summed E-state index contributed by atoms with van der Waals surface area (Å²) in [5.74, 6) is 1.94. The molecule has 2 aromatic rings. The summed E-state index contributed by atoms with van der Waals surface area (Å²) in [4.78, 5) is 1.53. The second kappa shape index (κ2) is 6.45.